The van der Waals surface area contributed by atoms with Gasteiger partial charge >= 0.3 is 0 Å². The lowest BCUT2D eigenvalue weighted by molar-refractivity contribution is 0.229. The Labute approximate surface area is 106 Å². The Bertz CT molecular complexity index is 391. The Morgan fingerprint density at radius 3 is 2.47 bits per heavy atom. The van der Waals surface area contributed by atoms with Crippen molar-refractivity contribution in [2.45, 2.75) is 58.4 Å². The van der Waals surface area contributed by atoms with Crippen LogP contribution in [0, 0.1) is 23.3 Å². The molecule has 1 N–H and O–H groups in total. The molecule has 0 heterocycles. The van der Waals surface area contributed by atoms with Gasteiger partial charge in [0.25, 0.3) is 0 Å². The summed E-state index contributed by atoms with van der Waals surface area (Å²) in [7, 11) is -1.35. The van der Waals surface area contributed by atoms with E-state index in [9.17, 15) is 5.11 Å². The Kier molecular flexibility index (Phi) is 3.52. The van der Waals surface area contributed by atoms with E-state index in [-0.39, 0.29) is 0 Å². The van der Waals surface area contributed by atoms with Crippen LogP contribution in [0.2, 0.25) is 19.6 Å². The van der Waals surface area contributed by atoms with Crippen LogP contribution < -0.4 is 0 Å². The zero-order valence-electron chi connectivity index (χ0n) is 11.5. The first-order valence-electron chi connectivity index (χ1n) is 6.77. The molecule has 1 fully saturated rings. The molecule has 0 radical (unpaired) electrons. The molecular weight excluding hydrogens is 224 g/mol. The largest absolute Gasteiger partial charge is 0.380 e. The van der Waals surface area contributed by atoms with E-state index >= 15 is 0 Å². The third-order valence-electron chi connectivity index (χ3n) is 4.07. The van der Waals surface area contributed by atoms with Crippen LogP contribution in [0.3, 0.4) is 0 Å². The smallest absolute Gasteiger partial charge is 0.129 e. The van der Waals surface area contributed by atoms with E-state index in [1.165, 1.54) is 24.8 Å². The topological polar surface area (TPSA) is 20.2 Å². The highest BCUT2D eigenvalue weighted by Crippen LogP contribution is 2.49. The third kappa shape index (κ3) is 3.03. The highest BCUT2D eigenvalue weighted by molar-refractivity contribution is 6.83. The van der Waals surface area contributed by atoms with Gasteiger partial charge in [-0.3, -0.25) is 0 Å². The summed E-state index contributed by atoms with van der Waals surface area (Å²) in [6.45, 7) is 8.91. The SMILES string of the molecule is CC1=C(CC(O)C#C[Si](C)(C)C)[C@@H]2CC[C@H]1C2. The Morgan fingerprint density at radius 1 is 1.29 bits per heavy atom. The lowest BCUT2D eigenvalue weighted by Gasteiger charge is -2.18. The Morgan fingerprint density at radius 2 is 1.94 bits per heavy atom. The van der Waals surface area contributed by atoms with Crippen LogP contribution in [0.1, 0.15) is 32.6 Å². The molecule has 17 heavy (non-hydrogen) atoms. The lowest BCUT2D eigenvalue weighted by atomic mass is 9.89. The summed E-state index contributed by atoms with van der Waals surface area (Å²) in [5.41, 5.74) is 6.36. The maximum absolute atomic E-state index is 10.0. The molecule has 2 aliphatic carbocycles. The number of hydrogen-bond acceptors (Lipinski definition) is 1. The van der Waals surface area contributed by atoms with Crippen molar-refractivity contribution in [3.05, 3.63) is 11.1 Å². The van der Waals surface area contributed by atoms with Gasteiger partial charge in [-0.25, -0.2) is 0 Å². The van der Waals surface area contributed by atoms with Gasteiger partial charge in [0.15, 0.2) is 0 Å². The van der Waals surface area contributed by atoms with Crippen LogP contribution in [0.25, 0.3) is 0 Å². The molecule has 1 nitrogen and oxygen atoms in total. The molecule has 1 unspecified atom stereocenters. The van der Waals surface area contributed by atoms with Crippen molar-refractivity contribution >= 4 is 8.07 Å². The second-order valence-electron chi connectivity index (χ2n) is 6.65. The second-order valence-corrected chi connectivity index (χ2v) is 11.4. The first kappa shape index (κ1) is 12.9. The average molecular weight is 248 g/mol. The molecule has 3 atom stereocenters. The normalized spacial score (nSPS) is 29.2. The summed E-state index contributed by atoms with van der Waals surface area (Å²) in [5.74, 6) is 4.66. The maximum atomic E-state index is 10.0. The van der Waals surface area contributed by atoms with Crippen LogP contribution in [-0.2, 0) is 0 Å². The highest BCUT2D eigenvalue weighted by Gasteiger charge is 2.37. The number of hydrogen-bond donors (Lipinski definition) is 1. The van der Waals surface area contributed by atoms with Crippen LogP contribution in [0.15, 0.2) is 11.1 Å². The van der Waals surface area contributed by atoms with Gasteiger partial charge in [0.05, 0.1) is 0 Å². The molecule has 2 heteroatoms. The molecule has 2 rings (SSSR count). The summed E-state index contributed by atoms with van der Waals surface area (Å²) in [4.78, 5) is 0. The van der Waals surface area contributed by atoms with Crippen molar-refractivity contribution in [2.24, 2.45) is 11.8 Å². The molecule has 0 aliphatic heterocycles. The minimum Gasteiger partial charge on any atom is -0.380 e. The van der Waals surface area contributed by atoms with Crippen LogP contribution in [-0.4, -0.2) is 19.3 Å². The molecule has 0 aromatic rings. The van der Waals surface area contributed by atoms with Crippen molar-refractivity contribution < 1.29 is 5.11 Å². The third-order valence-corrected chi connectivity index (χ3v) is 4.97. The predicted molar refractivity (Wildman–Crippen MR) is 75.3 cm³/mol. The van der Waals surface area contributed by atoms with Gasteiger partial charge < -0.3 is 5.11 Å². The van der Waals surface area contributed by atoms with Gasteiger partial charge in [0.1, 0.15) is 14.2 Å². The monoisotopic (exact) mass is 248 g/mol. The molecule has 2 bridgehead atoms. The summed E-state index contributed by atoms with van der Waals surface area (Å²) >= 11 is 0. The van der Waals surface area contributed by atoms with E-state index in [1.807, 2.05) is 0 Å². The van der Waals surface area contributed by atoms with Crippen LogP contribution in [0.4, 0.5) is 0 Å². The summed E-state index contributed by atoms with van der Waals surface area (Å²) in [6, 6.07) is 0. The molecule has 1 saturated carbocycles. The first-order chi connectivity index (χ1) is 7.87. The second kappa shape index (κ2) is 4.63. The van der Waals surface area contributed by atoms with E-state index in [4.69, 9.17) is 0 Å². The fourth-order valence-electron chi connectivity index (χ4n) is 3.16. The number of aliphatic hydroxyl groups is 1. The zero-order valence-corrected chi connectivity index (χ0v) is 12.5. The Balaban J connectivity index is 2.00. The molecule has 0 aromatic carbocycles. The van der Waals surface area contributed by atoms with Gasteiger partial charge in [0.2, 0.25) is 0 Å². The van der Waals surface area contributed by atoms with Crippen LogP contribution >= 0.6 is 0 Å². The van der Waals surface area contributed by atoms with Gasteiger partial charge in [-0.2, -0.15) is 0 Å². The van der Waals surface area contributed by atoms with E-state index in [0.29, 0.717) is 0 Å². The molecule has 0 aromatic heterocycles. The molecule has 0 saturated heterocycles. The van der Waals surface area contributed by atoms with Crippen molar-refractivity contribution in [3.8, 4) is 11.5 Å². The summed E-state index contributed by atoms with van der Waals surface area (Å²) in [5, 5.41) is 10.0. The number of rotatable bonds is 2. The van der Waals surface area contributed by atoms with E-state index < -0.39 is 14.2 Å². The molecule has 94 valence electrons. The molecule has 0 amide bonds. The van der Waals surface area contributed by atoms with E-state index in [2.05, 4.69) is 38.0 Å². The van der Waals surface area contributed by atoms with E-state index in [0.717, 1.165) is 18.3 Å². The standard InChI is InChI=1S/C15H24OSi/c1-11-12-5-6-13(9-12)15(11)10-14(16)7-8-17(2,3)4/h12-14,16H,5-6,9-10H2,1-4H3/t12-,13+,14?/m0/s1. The van der Waals surface area contributed by atoms with Crippen molar-refractivity contribution in [3.63, 3.8) is 0 Å². The average Bonchev–Trinajstić information content (AvgIpc) is 2.78. The minimum atomic E-state index is -1.35. The quantitative estimate of drug-likeness (QED) is 0.451. The fraction of sp³-hybridized carbons (Fsp3) is 0.733. The molecule has 2 aliphatic rings. The van der Waals surface area contributed by atoms with Gasteiger partial charge in [-0.1, -0.05) is 36.7 Å². The predicted octanol–water partition coefficient (Wildman–Crippen LogP) is 3.36. The summed E-state index contributed by atoms with van der Waals surface area (Å²) < 4.78 is 0. The lowest BCUT2D eigenvalue weighted by Crippen LogP contribution is -2.18. The molecular formula is C15H24OSi. The van der Waals surface area contributed by atoms with Gasteiger partial charge in [0, 0.05) is 6.42 Å². The van der Waals surface area contributed by atoms with Crippen molar-refractivity contribution in [1.82, 2.24) is 0 Å². The van der Waals surface area contributed by atoms with Gasteiger partial charge in [-0.05, 0) is 38.0 Å². The van der Waals surface area contributed by atoms with Crippen molar-refractivity contribution in [1.29, 1.82) is 0 Å². The Hall–Kier alpha value is -0.523. The maximum Gasteiger partial charge on any atom is 0.129 e. The fourth-order valence-corrected chi connectivity index (χ4v) is 3.76. The first-order valence-corrected chi connectivity index (χ1v) is 10.3. The van der Waals surface area contributed by atoms with E-state index in [1.54, 1.807) is 5.57 Å². The highest BCUT2D eigenvalue weighted by atomic mass is 28.3. The van der Waals surface area contributed by atoms with Crippen LogP contribution in [0.5, 0.6) is 0 Å². The molecule has 0 spiro atoms. The number of aliphatic hydroxyl groups excluding tert-OH is 1. The van der Waals surface area contributed by atoms with Crippen molar-refractivity contribution in [2.75, 3.05) is 0 Å². The number of fused-ring (bicyclic) bond motifs is 2. The number of allylic oxidation sites excluding steroid dienone is 1. The minimum absolute atomic E-state index is 0.439. The summed E-state index contributed by atoms with van der Waals surface area (Å²) in [6.07, 6.45) is 4.41. The van der Waals surface area contributed by atoms with Gasteiger partial charge in [-0.15, -0.1) is 5.54 Å². The zero-order chi connectivity index (χ0) is 12.6.